The third kappa shape index (κ3) is 984. The predicted octanol–water partition coefficient (Wildman–Crippen LogP) is -2.38. The van der Waals surface area contributed by atoms with E-state index in [2.05, 4.69) is 13.2 Å². The summed E-state index contributed by atoms with van der Waals surface area (Å²) in [6, 6.07) is 0. The van der Waals surface area contributed by atoms with E-state index in [0.717, 1.165) is 0 Å². The van der Waals surface area contributed by atoms with Crippen molar-refractivity contribution in [2.24, 2.45) is 0 Å². The Kier molecular flexibility index (Phi) is 172. The van der Waals surface area contributed by atoms with Gasteiger partial charge in [-0.1, -0.05) is 0 Å². The third-order valence-electron chi connectivity index (χ3n) is 0. The first-order chi connectivity index (χ1) is 2.41. The Morgan fingerprint density at radius 3 is 1.67 bits per heavy atom. The van der Waals surface area contributed by atoms with Gasteiger partial charge in [-0.25, -0.2) is 0 Å². The van der Waals surface area contributed by atoms with Crippen LogP contribution in [0.1, 0.15) is 1.43 Å². The fourth-order valence-corrected chi connectivity index (χ4v) is 0. The third-order valence-corrected chi connectivity index (χ3v) is 0. The van der Waals surface area contributed by atoms with Crippen molar-refractivity contribution in [1.29, 1.82) is 0 Å². The Hall–Kier alpha value is 0.210. The van der Waals surface area contributed by atoms with Crippen molar-refractivity contribution < 1.29 is 40.9 Å². The molecule has 0 aliphatic rings. The van der Waals surface area contributed by atoms with Gasteiger partial charge in [0.1, 0.15) is 0 Å². The summed E-state index contributed by atoms with van der Waals surface area (Å²) in [5.74, 6) is 0. The summed E-state index contributed by atoms with van der Waals surface area (Å²) in [7, 11) is 0. The summed E-state index contributed by atoms with van der Waals surface area (Å²) < 4.78 is 0. The van der Waals surface area contributed by atoms with E-state index in [1.165, 1.54) is 0 Å². The van der Waals surface area contributed by atoms with E-state index >= 15 is 0 Å². The smallest absolute Gasteiger partial charge is 1.00 e. The zero-order valence-corrected chi connectivity index (χ0v) is 5.85. The Balaban J connectivity index is -0.0000000105. The van der Waals surface area contributed by atoms with Crippen LogP contribution in [-0.2, 0) is 4.79 Å². The van der Waals surface area contributed by atoms with Gasteiger partial charge in [0.15, 0.2) is 0 Å². The monoisotopic (exact) mass is 98.0 g/mol. The number of carbonyl (C=O) groups is 1. The van der Waals surface area contributed by atoms with Gasteiger partial charge < -0.3 is 6.53 Å². The van der Waals surface area contributed by atoms with Crippen LogP contribution in [0.4, 0.5) is 0 Å². The molecule has 0 fully saturated rings. The Labute approximate surface area is 60.6 Å². The van der Waals surface area contributed by atoms with Gasteiger partial charge in [0.25, 0.3) is 6.47 Å². The molecule has 0 saturated carbocycles. The van der Waals surface area contributed by atoms with Crippen molar-refractivity contribution in [2.45, 2.75) is 0 Å². The van der Waals surface area contributed by atoms with E-state index in [0.29, 0.717) is 0 Å². The van der Waals surface area contributed by atoms with Crippen LogP contribution >= 0.6 is 0 Å². The standard InChI is InChI=1S/C2H4.CH2O2.Na.H/c1-2;2-1-3;;/h1-2H2;1H,(H,2,3);;/q;;+1;-1. The molecule has 0 spiro atoms. The molecule has 0 radical (unpaired) electrons. The van der Waals surface area contributed by atoms with Crippen LogP contribution in [0.2, 0.25) is 0 Å². The van der Waals surface area contributed by atoms with E-state index in [9.17, 15) is 0 Å². The quantitative estimate of drug-likeness (QED) is 0.209. The Morgan fingerprint density at radius 2 is 1.67 bits per heavy atom. The minimum Gasteiger partial charge on any atom is -1.00 e. The van der Waals surface area contributed by atoms with Gasteiger partial charge in [-0.15, -0.1) is 13.2 Å². The molecule has 0 rings (SSSR count). The van der Waals surface area contributed by atoms with Crippen LogP contribution in [0.15, 0.2) is 13.2 Å². The van der Waals surface area contributed by atoms with E-state index in [1.54, 1.807) is 0 Å². The molecule has 0 unspecified atom stereocenters. The molecule has 0 aliphatic heterocycles. The summed E-state index contributed by atoms with van der Waals surface area (Å²) in [6.45, 7) is 5.75. The molecular formula is C3H7NaO2. The van der Waals surface area contributed by atoms with Crippen molar-refractivity contribution in [3.8, 4) is 0 Å². The van der Waals surface area contributed by atoms with Crippen molar-refractivity contribution in [3.63, 3.8) is 0 Å². The van der Waals surface area contributed by atoms with Gasteiger partial charge >= 0.3 is 29.6 Å². The molecule has 0 aliphatic carbocycles. The first kappa shape index (κ1) is 16.4. The van der Waals surface area contributed by atoms with Gasteiger partial charge in [-0.3, -0.25) is 4.79 Å². The molecule has 2 nitrogen and oxygen atoms in total. The summed E-state index contributed by atoms with van der Waals surface area (Å²) >= 11 is 0. The zero-order chi connectivity index (χ0) is 4.71. The van der Waals surface area contributed by atoms with Gasteiger partial charge in [0.05, 0.1) is 0 Å². The van der Waals surface area contributed by atoms with Gasteiger partial charge in [-0.2, -0.15) is 0 Å². The number of hydrogen-bond donors (Lipinski definition) is 1. The van der Waals surface area contributed by atoms with Gasteiger partial charge in [-0.05, 0) is 0 Å². The predicted molar refractivity (Wildman–Crippen MR) is 21.1 cm³/mol. The van der Waals surface area contributed by atoms with E-state index in [1.807, 2.05) is 0 Å². The summed E-state index contributed by atoms with van der Waals surface area (Å²) in [5, 5.41) is 6.89. The number of rotatable bonds is 0. The summed E-state index contributed by atoms with van der Waals surface area (Å²) in [5.41, 5.74) is 0. The van der Waals surface area contributed by atoms with Crippen LogP contribution in [-0.4, -0.2) is 11.6 Å². The fraction of sp³-hybridized carbons (Fsp3) is 0. The second-order valence-electron chi connectivity index (χ2n) is 0.105. The van der Waals surface area contributed by atoms with Gasteiger partial charge in [0.2, 0.25) is 0 Å². The van der Waals surface area contributed by atoms with Crippen LogP contribution in [0.25, 0.3) is 0 Å². The van der Waals surface area contributed by atoms with E-state index in [4.69, 9.17) is 9.90 Å². The Bertz CT molecular complexity index is 26.9. The van der Waals surface area contributed by atoms with Crippen molar-refractivity contribution in [2.75, 3.05) is 0 Å². The first-order valence-electron chi connectivity index (χ1n) is 0.994. The van der Waals surface area contributed by atoms with Crippen LogP contribution in [0.3, 0.4) is 0 Å². The molecule has 1 N–H and O–H groups in total. The van der Waals surface area contributed by atoms with Crippen molar-refractivity contribution in [3.05, 3.63) is 13.2 Å². The molecule has 0 amide bonds. The van der Waals surface area contributed by atoms with Crippen LogP contribution < -0.4 is 29.6 Å². The average molecular weight is 98.1 g/mol. The molecule has 0 aromatic heterocycles. The van der Waals surface area contributed by atoms with Crippen molar-refractivity contribution in [1.82, 2.24) is 0 Å². The second kappa shape index (κ2) is 63.1. The van der Waals surface area contributed by atoms with Crippen LogP contribution in [0, 0.1) is 0 Å². The molecule has 0 aromatic carbocycles. The molecule has 0 bridgehead atoms. The summed E-state index contributed by atoms with van der Waals surface area (Å²) in [6.07, 6.45) is 0. The number of hydrogen-bond acceptors (Lipinski definition) is 1. The molecule has 32 valence electrons. The maximum Gasteiger partial charge on any atom is 1.00 e. The molecule has 6 heavy (non-hydrogen) atoms. The molecule has 0 aromatic rings. The Morgan fingerprint density at radius 1 is 1.67 bits per heavy atom. The second-order valence-corrected chi connectivity index (χ2v) is 0.105. The zero-order valence-electron chi connectivity index (χ0n) is 4.85. The van der Waals surface area contributed by atoms with Crippen molar-refractivity contribution >= 4 is 6.47 Å². The minimum absolute atomic E-state index is 0. The first-order valence-corrected chi connectivity index (χ1v) is 0.994. The topological polar surface area (TPSA) is 37.3 Å². The van der Waals surface area contributed by atoms with Gasteiger partial charge in [0, 0.05) is 0 Å². The fourth-order valence-electron chi connectivity index (χ4n) is 0. The largest absolute Gasteiger partial charge is 1.00 e. The maximum absolute atomic E-state index is 8.36. The molecule has 0 saturated heterocycles. The van der Waals surface area contributed by atoms with Crippen LogP contribution in [0.5, 0.6) is 0 Å². The minimum atomic E-state index is -0.250. The normalized spacial score (nSPS) is 2.67. The number of carboxylic acid groups (broad SMARTS) is 1. The molecular weight excluding hydrogens is 91.0 g/mol. The SMILES string of the molecule is C=C.O=CO.[H-].[Na+]. The molecule has 0 heterocycles. The molecule has 3 heteroatoms. The maximum atomic E-state index is 8.36. The van der Waals surface area contributed by atoms with E-state index in [-0.39, 0.29) is 37.5 Å². The molecule has 0 atom stereocenters. The summed E-state index contributed by atoms with van der Waals surface area (Å²) in [4.78, 5) is 8.36. The average Bonchev–Trinajstić information content (AvgIpc) is 1.46. The van der Waals surface area contributed by atoms with E-state index < -0.39 is 0 Å².